The van der Waals surface area contributed by atoms with Gasteiger partial charge in [0.15, 0.2) is 11.0 Å². The largest absolute Gasteiger partial charge is 0.333 e. The Bertz CT molecular complexity index is 1080. The Kier molecular flexibility index (Phi) is 7.63. The zero-order valence-corrected chi connectivity index (χ0v) is 19.1. The van der Waals surface area contributed by atoms with Gasteiger partial charge >= 0.3 is 6.03 Å². The van der Waals surface area contributed by atoms with Gasteiger partial charge in [-0.1, -0.05) is 54.2 Å². The van der Waals surface area contributed by atoms with E-state index < -0.39 is 23.3 Å². The smallest absolute Gasteiger partial charge is 0.321 e. The van der Waals surface area contributed by atoms with Crippen molar-refractivity contribution >= 4 is 23.7 Å². The summed E-state index contributed by atoms with van der Waals surface area (Å²) in [6.45, 7) is 5.98. The number of carbonyl (C=O) groups is 2. The van der Waals surface area contributed by atoms with Crippen molar-refractivity contribution in [3.63, 3.8) is 0 Å². The number of thioether (sulfide) groups is 1. The number of imide groups is 1. The van der Waals surface area contributed by atoms with Crippen molar-refractivity contribution in [2.24, 2.45) is 0 Å². The summed E-state index contributed by atoms with van der Waals surface area (Å²) in [5.41, 5.74) is 1.01. The Morgan fingerprint density at radius 2 is 1.72 bits per heavy atom. The fraction of sp³-hybridized carbons (Fsp3) is 0.304. The van der Waals surface area contributed by atoms with Gasteiger partial charge in [-0.15, -0.1) is 10.2 Å². The summed E-state index contributed by atoms with van der Waals surface area (Å²) in [6.07, 6.45) is 0.689. The summed E-state index contributed by atoms with van der Waals surface area (Å²) in [7, 11) is 0. The van der Waals surface area contributed by atoms with Crippen LogP contribution in [0.5, 0.6) is 0 Å². The molecule has 0 saturated carbocycles. The maximum Gasteiger partial charge on any atom is 0.321 e. The molecule has 0 radical (unpaired) electrons. The molecule has 7 nitrogen and oxygen atoms in total. The Labute approximate surface area is 190 Å². The predicted octanol–water partition coefficient (Wildman–Crippen LogP) is 4.04. The zero-order valence-electron chi connectivity index (χ0n) is 18.3. The van der Waals surface area contributed by atoms with E-state index in [1.165, 1.54) is 6.07 Å². The molecule has 2 aromatic carbocycles. The minimum Gasteiger partial charge on any atom is -0.333 e. The molecule has 1 aromatic heterocycles. The maximum absolute atomic E-state index is 14.4. The van der Waals surface area contributed by atoms with Gasteiger partial charge in [0.2, 0.25) is 5.91 Å². The molecule has 0 atom stereocenters. The van der Waals surface area contributed by atoms with Crippen molar-refractivity contribution < 1.29 is 14.0 Å². The first-order chi connectivity index (χ1) is 15.2. The molecule has 0 aliphatic heterocycles. The van der Waals surface area contributed by atoms with Gasteiger partial charge in [-0.05, 0) is 44.9 Å². The van der Waals surface area contributed by atoms with Crippen molar-refractivity contribution in [1.82, 2.24) is 25.4 Å². The van der Waals surface area contributed by atoms with Gasteiger partial charge < -0.3 is 9.88 Å². The molecule has 0 aliphatic carbocycles. The van der Waals surface area contributed by atoms with Crippen LogP contribution in [0.1, 0.15) is 26.3 Å². The lowest BCUT2D eigenvalue weighted by atomic mass is 10.1. The summed E-state index contributed by atoms with van der Waals surface area (Å²) in [5, 5.41) is 13.8. The number of benzene rings is 2. The van der Waals surface area contributed by atoms with E-state index in [0.29, 0.717) is 29.5 Å². The monoisotopic (exact) mass is 455 g/mol. The lowest BCUT2D eigenvalue weighted by Gasteiger charge is -2.20. The Morgan fingerprint density at radius 1 is 1.03 bits per heavy atom. The fourth-order valence-electron chi connectivity index (χ4n) is 2.99. The van der Waals surface area contributed by atoms with E-state index in [1.807, 2.05) is 51.1 Å². The van der Waals surface area contributed by atoms with Gasteiger partial charge in [-0.25, -0.2) is 9.18 Å². The van der Waals surface area contributed by atoms with Crippen LogP contribution in [-0.4, -0.2) is 38.0 Å². The summed E-state index contributed by atoms with van der Waals surface area (Å²) in [4.78, 5) is 24.1. The Hall–Kier alpha value is -3.20. The normalized spacial score (nSPS) is 11.2. The van der Waals surface area contributed by atoms with Gasteiger partial charge in [0, 0.05) is 12.1 Å². The van der Waals surface area contributed by atoms with E-state index in [4.69, 9.17) is 0 Å². The molecule has 0 aliphatic rings. The van der Waals surface area contributed by atoms with Gasteiger partial charge in [0.05, 0.1) is 11.3 Å². The molecular weight excluding hydrogens is 429 g/mol. The number of nitrogens with zero attached hydrogens (tertiary/aromatic N) is 3. The molecule has 1 heterocycles. The van der Waals surface area contributed by atoms with Crippen molar-refractivity contribution in [3.8, 4) is 11.4 Å². The first kappa shape index (κ1) is 23.5. The highest BCUT2D eigenvalue weighted by molar-refractivity contribution is 7.99. The van der Waals surface area contributed by atoms with Crippen LogP contribution in [0, 0.1) is 5.82 Å². The van der Waals surface area contributed by atoms with Gasteiger partial charge in [-0.2, -0.15) is 0 Å². The third-order valence-electron chi connectivity index (χ3n) is 4.37. The van der Waals surface area contributed by atoms with Crippen LogP contribution in [0.15, 0.2) is 59.8 Å². The third kappa shape index (κ3) is 6.65. The number of aromatic nitrogens is 3. The van der Waals surface area contributed by atoms with Crippen LogP contribution >= 0.6 is 11.8 Å². The van der Waals surface area contributed by atoms with Crippen LogP contribution in [0.4, 0.5) is 9.18 Å². The number of urea groups is 1. The number of amides is 3. The third-order valence-corrected chi connectivity index (χ3v) is 5.34. The summed E-state index contributed by atoms with van der Waals surface area (Å²) >= 11 is 1.15. The lowest BCUT2D eigenvalue weighted by molar-refractivity contribution is -0.117. The molecule has 3 rings (SSSR count). The molecule has 0 unspecified atom stereocenters. The number of hydrogen-bond donors (Lipinski definition) is 2. The van der Waals surface area contributed by atoms with Gasteiger partial charge in [0.25, 0.3) is 0 Å². The van der Waals surface area contributed by atoms with E-state index in [1.54, 1.807) is 22.8 Å². The average Bonchev–Trinajstić information content (AvgIpc) is 3.13. The van der Waals surface area contributed by atoms with E-state index in [-0.39, 0.29) is 5.75 Å². The van der Waals surface area contributed by atoms with E-state index in [9.17, 15) is 14.0 Å². The summed E-state index contributed by atoms with van der Waals surface area (Å²) in [5.74, 6) is -0.485. The molecule has 9 heteroatoms. The number of rotatable bonds is 7. The quantitative estimate of drug-likeness (QED) is 0.525. The number of halogens is 1. The van der Waals surface area contributed by atoms with E-state index in [2.05, 4.69) is 20.8 Å². The first-order valence-corrected chi connectivity index (χ1v) is 11.2. The molecule has 3 amide bonds. The Morgan fingerprint density at radius 3 is 2.41 bits per heavy atom. The molecule has 0 saturated heterocycles. The number of nitrogens with one attached hydrogen (secondary N) is 2. The minimum atomic E-state index is -0.555. The van der Waals surface area contributed by atoms with Crippen LogP contribution in [0.2, 0.25) is 0 Å². The first-order valence-electron chi connectivity index (χ1n) is 10.2. The number of aryl methyl sites for hydroxylation is 1. The second-order valence-electron chi connectivity index (χ2n) is 8.21. The molecular formula is C23H26FN5O2S. The van der Waals surface area contributed by atoms with Crippen molar-refractivity contribution in [2.75, 3.05) is 5.75 Å². The molecule has 0 bridgehead atoms. The SMILES string of the molecule is CC(C)(C)NC(=O)NC(=O)CSc1nnc(-c2ccccc2F)n1CCc1ccccc1. The molecule has 0 spiro atoms. The highest BCUT2D eigenvalue weighted by Crippen LogP contribution is 2.26. The lowest BCUT2D eigenvalue weighted by Crippen LogP contribution is -2.48. The standard InChI is InChI=1S/C23H26FN5O2S/c1-23(2,3)26-21(31)25-19(30)15-32-22-28-27-20(17-11-7-8-12-18(17)24)29(22)14-13-16-9-5-4-6-10-16/h4-12H,13-15H2,1-3H3,(H2,25,26,30,31). The van der Waals surface area contributed by atoms with Crippen molar-refractivity contribution in [3.05, 3.63) is 66.0 Å². The maximum atomic E-state index is 14.4. The molecule has 2 N–H and O–H groups in total. The second kappa shape index (κ2) is 10.4. The Balaban J connectivity index is 1.75. The van der Waals surface area contributed by atoms with Gasteiger partial charge in [0.1, 0.15) is 5.82 Å². The molecule has 3 aromatic rings. The minimum absolute atomic E-state index is 0.0295. The van der Waals surface area contributed by atoms with Gasteiger partial charge in [-0.3, -0.25) is 10.1 Å². The van der Waals surface area contributed by atoms with Crippen molar-refractivity contribution in [2.45, 2.75) is 44.4 Å². The highest BCUT2D eigenvalue weighted by atomic mass is 32.2. The van der Waals surface area contributed by atoms with E-state index >= 15 is 0 Å². The zero-order chi connectivity index (χ0) is 23.1. The second-order valence-corrected chi connectivity index (χ2v) is 9.16. The van der Waals surface area contributed by atoms with Crippen LogP contribution in [0.25, 0.3) is 11.4 Å². The number of hydrogen-bond acceptors (Lipinski definition) is 5. The average molecular weight is 456 g/mol. The molecule has 0 fully saturated rings. The van der Waals surface area contributed by atoms with Crippen LogP contribution in [0.3, 0.4) is 0 Å². The van der Waals surface area contributed by atoms with Crippen molar-refractivity contribution in [1.29, 1.82) is 0 Å². The molecule has 168 valence electrons. The highest BCUT2D eigenvalue weighted by Gasteiger charge is 2.19. The van der Waals surface area contributed by atoms with Crippen LogP contribution < -0.4 is 10.6 Å². The summed E-state index contributed by atoms with van der Waals surface area (Å²) < 4.78 is 16.2. The molecule has 32 heavy (non-hydrogen) atoms. The topological polar surface area (TPSA) is 88.9 Å². The fourth-order valence-corrected chi connectivity index (χ4v) is 3.75. The predicted molar refractivity (Wildman–Crippen MR) is 123 cm³/mol. The number of carbonyl (C=O) groups excluding carboxylic acids is 2. The van der Waals surface area contributed by atoms with Crippen LogP contribution in [-0.2, 0) is 17.8 Å². The summed E-state index contributed by atoms with van der Waals surface area (Å²) in [6, 6.07) is 15.7. The van der Waals surface area contributed by atoms with E-state index in [0.717, 1.165) is 17.3 Å².